The molecule has 0 spiro atoms. The number of rotatable bonds is 4. The number of allylic oxidation sites excluding steroid dienone is 3. The molecular weight excluding hydrogens is 379 g/mol. The topological polar surface area (TPSA) is 59.8 Å². The van der Waals surface area contributed by atoms with Crippen molar-refractivity contribution in [3.8, 4) is 5.69 Å². The van der Waals surface area contributed by atoms with Crippen molar-refractivity contribution in [2.45, 2.75) is 45.3 Å². The normalized spacial score (nSPS) is 19.2. The Morgan fingerprint density at radius 3 is 2.80 bits per heavy atom. The molecule has 3 aromatic rings. The van der Waals surface area contributed by atoms with Gasteiger partial charge in [-0.3, -0.25) is 9.78 Å². The van der Waals surface area contributed by atoms with E-state index in [1.54, 1.807) is 25.4 Å². The summed E-state index contributed by atoms with van der Waals surface area (Å²) in [6, 6.07) is 10.3. The Balaban J connectivity index is 1.52. The summed E-state index contributed by atoms with van der Waals surface area (Å²) >= 11 is 0. The van der Waals surface area contributed by atoms with Gasteiger partial charge in [-0.15, -0.1) is 0 Å². The number of carbonyl (C=O) groups is 1. The van der Waals surface area contributed by atoms with E-state index in [9.17, 15) is 9.18 Å². The van der Waals surface area contributed by atoms with Gasteiger partial charge in [0.2, 0.25) is 5.91 Å². The molecule has 0 bridgehead atoms. The van der Waals surface area contributed by atoms with Gasteiger partial charge in [-0.25, -0.2) is 9.07 Å². The lowest BCUT2D eigenvalue weighted by Crippen LogP contribution is -2.29. The standard InChI is InChI=1S/C24H23FN4O/c1-14-4-3-5-19(8-14)29-23-13-26-22(11-17(23)12-27-29)20-9-16(10-21(25)15(20)2)24(30)28-18-6-7-18/h3-5,8-9,11-13,18,21H,6-7,10H2,1-2H3,(H,28,30). The highest BCUT2D eigenvalue weighted by Crippen LogP contribution is 2.33. The monoisotopic (exact) mass is 402 g/mol. The molecule has 2 aromatic heterocycles. The molecule has 5 rings (SSSR count). The van der Waals surface area contributed by atoms with Crippen LogP contribution in [0.5, 0.6) is 0 Å². The molecule has 1 aromatic carbocycles. The van der Waals surface area contributed by atoms with E-state index in [1.807, 2.05) is 35.9 Å². The van der Waals surface area contributed by atoms with Crippen LogP contribution in [0.2, 0.25) is 0 Å². The van der Waals surface area contributed by atoms with Gasteiger partial charge in [0.1, 0.15) is 6.17 Å². The minimum Gasteiger partial charge on any atom is -0.350 e. The van der Waals surface area contributed by atoms with Gasteiger partial charge in [0.25, 0.3) is 0 Å². The molecule has 1 unspecified atom stereocenters. The number of hydrogen-bond acceptors (Lipinski definition) is 3. The quantitative estimate of drug-likeness (QED) is 0.701. The van der Waals surface area contributed by atoms with Crippen molar-refractivity contribution in [1.82, 2.24) is 20.1 Å². The van der Waals surface area contributed by atoms with Crippen LogP contribution in [-0.2, 0) is 4.79 Å². The molecule has 1 N–H and O–H groups in total. The average Bonchev–Trinajstić information content (AvgIpc) is 3.45. The number of carbonyl (C=O) groups excluding carboxylic acids is 1. The third-order valence-electron chi connectivity index (χ3n) is 5.79. The first kappa shape index (κ1) is 18.7. The summed E-state index contributed by atoms with van der Waals surface area (Å²) < 4.78 is 16.6. The number of nitrogens with one attached hydrogen (secondary N) is 1. The lowest BCUT2D eigenvalue weighted by Gasteiger charge is -2.21. The number of hydrogen-bond donors (Lipinski definition) is 1. The van der Waals surface area contributed by atoms with E-state index in [4.69, 9.17) is 0 Å². The number of halogens is 1. The Morgan fingerprint density at radius 2 is 2.03 bits per heavy atom. The maximum Gasteiger partial charge on any atom is 0.247 e. The van der Waals surface area contributed by atoms with Gasteiger partial charge in [0.05, 0.1) is 29.3 Å². The van der Waals surface area contributed by atoms with Gasteiger partial charge >= 0.3 is 0 Å². The van der Waals surface area contributed by atoms with Crippen LogP contribution in [0, 0.1) is 6.92 Å². The van der Waals surface area contributed by atoms with Gasteiger partial charge in [0.15, 0.2) is 0 Å². The van der Waals surface area contributed by atoms with Crippen molar-refractivity contribution < 1.29 is 9.18 Å². The second kappa shape index (κ2) is 7.20. The van der Waals surface area contributed by atoms with E-state index in [2.05, 4.69) is 21.5 Å². The molecule has 2 aliphatic carbocycles. The fourth-order valence-corrected chi connectivity index (χ4v) is 3.84. The average molecular weight is 402 g/mol. The van der Waals surface area contributed by atoms with Gasteiger partial charge in [0, 0.05) is 29.0 Å². The van der Waals surface area contributed by atoms with Gasteiger partial charge < -0.3 is 5.32 Å². The molecule has 5 nitrogen and oxygen atoms in total. The Morgan fingerprint density at radius 1 is 1.20 bits per heavy atom. The largest absolute Gasteiger partial charge is 0.350 e. The van der Waals surface area contributed by atoms with Crippen LogP contribution in [0.1, 0.15) is 37.4 Å². The van der Waals surface area contributed by atoms with E-state index in [0.29, 0.717) is 22.4 Å². The highest BCUT2D eigenvalue weighted by Gasteiger charge is 2.29. The summed E-state index contributed by atoms with van der Waals surface area (Å²) in [5, 5.41) is 8.39. The Bertz CT molecular complexity index is 1220. The molecule has 1 amide bonds. The van der Waals surface area contributed by atoms with Crippen molar-refractivity contribution in [1.29, 1.82) is 0 Å². The zero-order chi connectivity index (χ0) is 20.8. The van der Waals surface area contributed by atoms with Crippen LogP contribution in [0.3, 0.4) is 0 Å². The number of nitrogens with zero attached hydrogens (tertiary/aromatic N) is 3. The van der Waals surface area contributed by atoms with Crippen LogP contribution in [0.15, 0.2) is 59.9 Å². The highest BCUT2D eigenvalue weighted by atomic mass is 19.1. The molecule has 152 valence electrons. The highest BCUT2D eigenvalue weighted by molar-refractivity contribution is 5.98. The fourth-order valence-electron chi connectivity index (χ4n) is 3.84. The molecule has 6 heteroatoms. The first-order valence-electron chi connectivity index (χ1n) is 10.3. The smallest absolute Gasteiger partial charge is 0.247 e. The van der Waals surface area contributed by atoms with Crippen molar-refractivity contribution in [2.24, 2.45) is 0 Å². The van der Waals surface area contributed by atoms with E-state index in [-0.39, 0.29) is 18.4 Å². The number of pyridine rings is 1. The molecule has 1 atom stereocenters. The van der Waals surface area contributed by atoms with Crippen molar-refractivity contribution in [3.05, 3.63) is 71.2 Å². The predicted octanol–water partition coefficient (Wildman–Crippen LogP) is 4.45. The van der Waals surface area contributed by atoms with Crippen LogP contribution >= 0.6 is 0 Å². The summed E-state index contributed by atoms with van der Waals surface area (Å²) in [5.41, 5.74) is 5.42. The number of aryl methyl sites for hydroxylation is 1. The lowest BCUT2D eigenvalue weighted by atomic mass is 9.89. The minimum absolute atomic E-state index is 0.113. The lowest BCUT2D eigenvalue weighted by molar-refractivity contribution is -0.117. The SMILES string of the molecule is CC1=C(c2cc3cnn(-c4cccc(C)c4)c3cn2)C=C(C(=O)NC2CC2)CC1F. The third-order valence-corrected chi connectivity index (χ3v) is 5.79. The molecule has 1 fully saturated rings. The maximum atomic E-state index is 14.7. The maximum absolute atomic E-state index is 14.7. The number of amides is 1. The molecular formula is C24H23FN4O. The summed E-state index contributed by atoms with van der Waals surface area (Å²) in [6.45, 7) is 3.81. The van der Waals surface area contributed by atoms with Crippen LogP contribution in [0.25, 0.3) is 22.2 Å². The van der Waals surface area contributed by atoms with Crippen molar-refractivity contribution in [3.63, 3.8) is 0 Å². The Labute approximate surface area is 174 Å². The van der Waals surface area contributed by atoms with Crippen molar-refractivity contribution in [2.75, 3.05) is 0 Å². The number of benzene rings is 1. The zero-order valence-corrected chi connectivity index (χ0v) is 17.0. The Kier molecular flexibility index (Phi) is 4.50. The van der Waals surface area contributed by atoms with E-state index >= 15 is 0 Å². The van der Waals surface area contributed by atoms with Crippen LogP contribution < -0.4 is 5.32 Å². The molecule has 0 radical (unpaired) electrons. The van der Waals surface area contributed by atoms with Crippen molar-refractivity contribution >= 4 is 22.4 Å². The van der Waals surface area contributed by atoms with Crippen LogP contribution in [0.4, 0.5) is 4.39 Å². The zero-order valence-electron chi connectivity index (χ0n) is 17.0. The molecule has 2 aliphatic rings. The second-order valence-electron chi connectivity index (χ2n) is 8.21. The first-order valence-corrected chi connectivity index (χ1v) is 10.3. The number of aromatic nitrogens is 3. The second-order valence-corrected chi connectivity index (χ2v) is 8.21. The van der Waals surface area contributed by atoms with Gasteiger partial charge in [-0.1, -0.05) is 12.1 Å². The molecule has 0 saturated heterocycles. The Hall–Kier alpha value is -3.28. The van der Waals surface area contributed by atoms with E-state index in [0.717, 1.165) is 35.0 Å². The predicted molar refractivity (Wildman–Crippen MR) is 115 cm³/mol. The third kappa shape index (κ3) is 3.43. The summed E-state index contributed by atoms with van der Waals surface area (Å²) in [4.78, 5) is 17.1. The fraction of sp³-hybridized carbons (Fsp3) is 0.292. The molecule has 0 aliphatic heterocycles. The van der Waals surface area contributed by atoms with E-state index in [1.165, 1.54) is 0 Å². The minimum atomic E-state index is -1.18. The first-order chi connectivity index (χ1) is 14.5. The van der Waals surface area contributed by atoms with E-state index < -0.39 is 6.17 Å². The van der Waals surface area contributed by atoms with Crippen LogP contribution in [-0.4, -0.2) is 32.9 Å². The summed E-state index contributed by atoms with van der Waals surface area (Å²) in [6.07, 6.45) is 6.28. The number of alkyl halides is 1. The summed E-state index contributed by atoms with van der Waals surface area (Å²) in [5.74, 6) is -0.168. The molecule has 2 heterocycles. The molecule has 1 saturated carbocycles. The van der Waals surface area contributed by atoms with Gasteiger partial charge in [-0.05, 0) is 62.1 Å². The summed E-state index contributed by atoms with van der Waals surface area (Å²) in [7, 11) is 0. The number of fused-ring (bicyclic) bond motifs is 1. The molecule has 30 heavy (non-hydrogen) atoms. The van der Waals surface area contributed by atoms with Gasteiger partial charge in [-0.2, -0.15) is 5.10 Å².